The second-order valence-corrected chi connectivity index (χ2v) is 6.02. The van der Waals surface area contributed by atoms with Gasteiger partial charge in [0.05, 0.1) is 12.4 Å². The van der Waals surface area contributed by atoms with Crippen molar-refractivity contribution >= 4 is 30.4 Å². The van der Waals surface area contributed by atoms with Crippen LogP contribution in [-0.4, -0.2) is 68.2 Å². The van der Waals surface area contributed by atoms with Gasteiger partial charge in [0.2, 0.25) is 11.8 Å². The van der Waals surface area contributed by atoms with E-state index in [0.717, 1.165) is 0 Å². The summed E-state index contributed by atoms with van der Waals surface area (Å²) in [6.45, 7) is 0.351. The highest BCUT2D eigenvalue weighted by atomic mass is 32.1. The molecule has 5 N–H and O–H groups in total. The average Bonchev–Trinajstić information content (AvgIpc) is 3.23. The third-order valence-corrected chi connectivity index (χ3v) is 4.34. The van der Waals surface area contributed by atoms with Crippen LogP contribution in [0.3, 0.4) is 0 Å². The van der Waals surface area contributed by atoms with E-state index in [1.165, 1.54) is 11.2 Å². The number of nitrogens with two attached hydrogens (primary N) is 1. The summed E-state index contributed by atoms with van der Waals surface area (Å²) >= 11 is 3.97. The van der Waals surface area contributed by atoms with E-state index in [2.05, 4.69) is 27.9 Å². The lowest BCUT2D eigenvalue weighted by Crippen LogP contribution is -2.55. The van der Waals surface area contributed by atoms with Crippen LogP contribution >= 0.6 is 12.6 Å². The molecule has 0 saturated carbocycles. The summed E-state index contributed by atoms with van der Waals surface area (Å²) in [5.74, 6) is -1.85. The molecule has 1 saturated heterocycles. The number of aromatic nitrogens is 2. The lowest BCUT2D eigenvalue weighted by atomic mass is 10.1. The summed E-state index contributed by atoms with van der Waals surface area (Å²) in [6, 6.07) is -2.62. The Morgan fingerprint density at radius 3 is 2.88 bits per heavy atom. The highest BCUT2D eigenvalue weighted by molar-refractivity contribution is 7.80. The number of likely N-dealkylation sites (tertiary alicyclic amines) is 1. The number of carbonyl (C=O) groups excluding carboxylic acids is 2. The van der Waals surface area contributed by atoms with Crippen molar-refractivity contribution in [2.24, 2.45) is 5.73 Å². The smallest absolute Gasteiger partial charge is 0.326 e. The Labute approximate surface area is 144 Å². The fourth-order valence-corrected chi connectivity index (χ4v) is 2.83. The predicted molar refractivity (Wildman–Crippen MR) is 88.4 cm³/mol. The van der Waals surface area contributed by atoms with E-state index in [9.17, 15) is 19.5 Å². The Balaban J connectivity index is 2.16. The second-order valence-electron chi connectivity index (χ2n) is 5.66. The Morgan fingerprint density at radius 1 is 1.54 bits per heavy atom. The summed E-state index contributed by atoms with van der Waals surface area (Å²) in [5.41, 5.74) is 6.29. The number of hydrogen-bond acceptors (Lipinski definition) is 6. The molecule has 2 heterocycles. The topological polar surface area (TPSA) is 141 Å². The van der Waals surface area contributed by atoms with Crippen LogP contribution in [0, 0.1) is 0 Å². The average molecular weight is 355 g/mol. The first-order valence-electron chi connectivity index (χ1n) is 7.61. The second kappa shape index (κ2) is 8.15. The highest BCUT2D eigenvalue weighted by Gasteiger charge is 2.38. The molecular weight excluding hydrogens is 334 g/mol. The van der Waals surface area contributed by atoms with Crippen LogP contribution in [0.4, 0.5) is 0 Å². The fraction of sp³-hybridized carbons (Fsp3) is 0.571. The molecular formula is C14H21N5O4S. The van der Waals surface area contributed by atoms with Gasteiger partial charge in [-0.2, -0.15) is 12.6 Å². The Kier molecular flexibility index (Phi) is 6.21. The number of carbonyl (C=O) groups is 3. The Bertz CT molecular complexity index is 594. The van der Waals surface area contributed by atoms with Crippen molar-refractivity contribution in [3.05, 3.63) is 18.2 Å². The molecule has 0 spiro atoms. The zero-order valence-corrected chi connectivity index (χ0v) is 13.9. The molecule has 2 rings (SSSR count). The van der Waals surface area contributed by atoms with Crippen LogP contribution in [0.1, 0.15) is 18.5 Å². The van der Waals surface area contributed by atoms with E-state index in [4.69, 9.17) is 5.73 Å². The minimum absolute atomic E-state index is 0.137. The van der Waals surface area contributed by atoms with E-state index >= 15 is 0 Å². The van der Waals surface area contributed by atoms with Crippen LogP contribution in [0.15, 0.2) is 12.5 Å². The largest absolute Gasteiger partial charge is 0.480 e. The lowest BCUT2D eigenvalue weighted by molar-refractivity contribution is -0.149. The van der Waals surface area contributed by atoms with E-state index in [0.29, 0.717) is 25.1 Å². The van der Waals surface area contributed by atoms with Gasteiger partial charge in [-0.15, -0.1) is 0 Å². The molecule has 132 valence electrons. The number of carboxylic acids is 1. The first-order chi connectivity index (χ1) is 11.4. The third-order valence-electron chi connectivity index (χ3n) is 3.95. The van der Waals surface area contributed by atoms with E-state index < -0.39 is 35.9 Å². The fourth-order valence-electron chi connectivity index (χ4n) is 2.67. The highest BCUT2D eigenvalue weighted by Crippen LogP contribution is 2.19. The normalized spacial score (nSPS) is 19.8. The number of amides is 2. The molecule has 1 aromatic heterocycles. The number of imidazole rings is 1. The van der Waals surface area contributed by atoms with Gasteiger partial charge in [0.25, 0.3) is 0 Å². The molecule has 0 radical (unpaired) electrons. The van der Waals surface area contributed by atoms with Gasteiger partial charge >= 0.3 is 5.97 Å². The van der Waals surface area contributed by atoms with Crippen molar-refractivity contribution in [1.82, 2.24) is 20.2 Å². The van der Waals surface area contributed by atoms with Gasteiger partial charge in [0.15, 0.2) is 0 Å². The molecule has 2 amide bonds. The number of rotatable bonds is 7. The number of hydrogen-bond donors (Lipinski definition) is 5. The Hall–Kier alpha value is -2.07. The summed E-state index contributed by atoms with van der Waals surface area (Å²) < 4.78 is 0. The summed E-state index contributed by atoms with van der Waals surface area (Å²) in [4.78, 5) is 44.2. The molecule has 9 nitrogen and oxygen atoms in total. The molecule has 3 atom stereocenters. The molecule has 1 aromatic rings. The minimum atomic E-state index is -1.04. The summed E-state index contributed by atoms with van der Waals surface area (Å²) in [6.07, 6.45) is 4.20. The maximum atomic E-state index is 12.8. The lowest BCUT2D eigenvalue weighted by Gasteiger charge is -2.27. The van der Waals surface area contributed by atoms with Gasteiger partial charge in [-0.25, -0.2) is 9.78 Å². The molecule has 0 aromatic carbocycles. The van der Waals surface area contributed by atoms with Crippen LogP contribution in [0.5, 0.6) is 0 Å². The van der Waals surface area contributed by atoms with Crippen LogP contribution in [0.25, 0.3) is 0 Å². The van der Waals surface area contributed by atoms with E-state index in [1.807, 2.05) is 0 Å². The standard InChI is InChI=1S/C14H21N5O4S/c15-9(6-24)12(20)18-10(4-8-5-16-7-17-8)13(21)19-3-1-2-11(19)14(22)23/h5,7,9-11,24H,1-4,6,15H2,(H,16,17)(H,18,20)(H,22,23)/t9-,10-,11+/m0/s1. The van der Waals surface area contributed by atoms with Crippen molar-refractivity contribution in [3.8, 4) is 0 Å². The zero-order valence-electron chi connectivity index (χ0n) is 13.0. The van der Waals surface area contributed by atoms with Crippen LogP contribution in [-0.2, 0) is 20.8 Å². The van der Waals surface area contributed by atoms with Gasteiger partial charge in [-0.1, -0.05) is 0 Å². The number of carboxylic acid groups (broad SMARTS) is 1. The number of nitrogens with one attached hydrogen (secondary N) is 2. The molecule has 24 heavy (non-hydrogen) atoms. The van der Waals surface area contributed by atoms with Gasteiger partial charge in [-0.05, 0) is 12.8 Å². The molecule has 0 bridgehead atoms. The number of aliphatic carboxylic acids is 1. The predicted octanol–water partition coefficient (Wildman–Crippen LogP) is -1.23. The van der Waals surface area contributed by atoms with Gasteiger partial charge in [-0.3, -0.25) is 9.59 Å². The quantitative estimate of drug-likeness (QED) is 0.388. The van der Waals surface area contributed by atoms with Crippen molar-refractivity contribution < 1.29 is 19.5 Å². The molecule has 1 fully saturated rings. The van der Waals surface area contributed by atoms with Gasteiger partial charge in [0, 0.05) is 30.6 Å². The minimum Gasteiger partial charge on any atom is -0.480 e. The van der Waals surface area contributed by atoms with Crippen molar-refractivity contribution in [1.29, 1.82) is 0 Å². The summed E-state index contributed by atoms with van der Waals surface area (Å²) in [5, 5.41) is 11.8. The molecule has 1 aliphatic rings. The van der Waals surface area contributed by atoms with E-state index in [1.54, 1.807) is 6.20 Å². The van der Waals surface area contributed by atoms with Crippen LogP contribution < -0.4 is 11.1 Å². The maximum Gasteiger partial charge on any atom is 0.326 e. The SMILES string of the molecule is N[C@@H](CS)C(=O)N[C@@H](Cc1cnc[nH]1)C(=O)N1CCC[C@@H]1C(=O)O. The van der Waals surface area contributed by atoms with Crippen LogP contribution in [0.2, 0.25) is 0 Å². The van der Waals surface area contributed by atoms with E-state index in [-0.39, 0.29) is 12.2 Å². The van der Waals surface area contributed by atoms with Crippen molar-refractivity contribution in [2.45, 2.75) is 37.4 Å². The first-order valence-corrected chi connectivity index (χ1v) is 8.24. The number of H-pyrrole nitrogens is 1. The van der Waals surface area contributed by atoms with Crippen molar-refractivity contribution in [3.63, 3.8) is 0 Å². The summed E-state index contributed by atoms with van der Waals surface area (Å²) in [7, 11) is 0. The van der Waals surface area contributed by atoms with Crippen molar-refractivity contribution in [2.75, 3.05) is 12.3 Å². The van der Waals surface area contributed by atoms with Gasteiger partial charge in [0.1, 0.15) is 12.1 Å². The monoisotopic (exact) mass is 355 g/mol. The molecule has 0 aliphatic carbocycles. The Morgan fingerprint density at radius 2 is 2.29 bits per heavy atom. The number of nitrogens with zero attached hydrogens (tertiary/aromatic N) is 2. The first kappa shape index (κ1) is 18.3. The molecule has 10 heteroatoms. The zero-order chi connectivity index (χ0) is 17.7. The number of aromatic amines is 1. The third kappa shape index (κ3) is 4.26. The number of thiol groups is 1. The van der Waals surface area contributed by atoms with Gasteiger partial charge < -0.3 is 26.0 Å². The maximum absolute atomic E-state index is 12.8. The molecule has 0 unspecified atom stereocenters. The molecule has 1 aliphatic heterocycles.